The number of carbonyl (C=O) groups is 3. The molecule has 12 rings (SSSR count). The Morgan fingerprint density at radius 1 is 0.420 bits per heavy atom. The minimum Gasteiger partial charge on any atom is -0.512 e. The summed E-state index contributed by atoms with van der Waals surface area (Å²) >= 11 is 0. The average Bonchev–Trinajstić information content (AvgIpc) is 4.33. The predicted octanol–water partition coefficient (Wildman–Crippen LogP) is 16.4. The van der Waals surface area contributed by atoms with Crippen LogP contribution in [0.4, 0.5) is 0 Å². The SMILES string of the molecule is CC(=O)C=C(C)O.CC(=O)C=C(C)O.CC(=O)C=C(C)O.[Ir].[Ir].[Ir].[c-]1ccccc1-c1cc2c(cn1)oc1ccccc12.[c-]1ccccc1-c1ccc2c(n1)oc1ccccc12.[c-]1ccccc1-c1nccc2c1oc1ccccc12. The Labute approximate surface area is 509 Å². The molecule has 0 aliphatic rings. The molecule has 0 unspecified atom stereocenters. The van der Waals surface area contributed by atoms with E-state index in [1.54, 1.807) is 6.20 Å². The van der Waals surface area contributed by atoms with E-state index in [1.807, 2.05) is 146 Å². The topological polar surface area (TPSA) is 190 Å². The number of benzene rings is 6. The van der Waals surface area contributed by atoms with E-state index < -0.39 is 0 Å². The van der Waals surface area contributed by atoms with Gasteiger partial charge in [0.05, 0.1) is 23.5 Å². The maximum atomic E-state index is 10.0. The number of allylic oxidation sites excluding steroid dienone is 6. The molecule has 0 bridgehead atoms. The summed E-state index contributed by atoms with van der Waals surface area (Å²) in [5, 5.41) is 31.7. The number of aliphatic hydroxyl groups is 3. The van der Waals surface area contributed by atoms with Gasteiger partial charge in [0.15, 0.2) is 22.9 Å². The molecule has 12 aromatic rings. The van der Waals surface area contributed by atoms with Crippen LogP contribution in [0, 0.1) is 18.2 Å². The Balaban J connectivity index is 0.000000220. The van der Waals surface area contributed by atoms with Gasteiger partial charge in [-0.2, -0.15) is 0 Å². The quantitative estimate of drug-likeness (QED) is 0.0813. The summed E-state index contributed by atoms with van der Waals surface area (Å²) in [6, 6.07) is 65.3. The van der Waals surface area contributed by atoms with Crippen molar-refractivity contribution in [1.29, 1.82) is 0 Å². The summed E-state index contributed by atoms with van der Waals surface area (Å²) in [6.45, 7) is 8.54. The van der Waals surface area contributed by atoms with Gasteiger partial charge in [0.25, 0.3) is 0 Å². The molecule has 0 saturated carbocycles. The van der Waals surface area contributed by atoms with Gasteiger partial charge >= 0.3 is 0 Å². The molecule has 6 aromatic heterocycles. The van der Waals surface area contributed by atoms with Crippen LogP contribution in [0.1, 0.15) is 41.5 Å². The molecule has 0 aliphatic heterocycles. The van der Waals surface area contributed by atoms with Crippen LogP contribution >= 0.6 is 0 Å². The molecule has 0 atom stereocenters. The Kier molecular flexibility index (Phi) is 25.9. The second-order valence-corrected chi connectivity index (χ2v) is 17.5. The van der Waals surface area contributed by atoms with E-state index in [4.69, 9.17) is 28.6 Å². The van der Waals surface area contributed by atoms with E-state index in [0.717, 1.165) is 94.0 Å². The van der Waals surface area contributed by atoms with E-state index >= 15 is 0 Å². The smallest absolute Gasteiger partial charge is 0.218 e. The molecule has 3 radical (unpaired) electrons. The normalized spacial score (nSPS) is 10.8. The average molecular weight is 1610 g/mol. The van der Waals surface area contributed by atoms with Crippen molar-refractivity contribution in [3.8, 4) is 33.8 Å². The third kappa shape index (κ3) is 18.7. The van der Waals surface area contributed by atoms with Crippen LogP contribution in [0.3, 0.4) is 0 Å². The van der Waals surface area contributed by atoms with Gasteiger partial charge in [-0.15, -0.1) is 108 Å². The molecule has 6 heterocycles. The largest absolute Gasteiger partial charge is 0.512 e. The number of furan rings is 3. The van der Waals surface area contributed by atoms with E-state index in [0.29, 0.717) is 5.71 Å². The van der Waals surface area contributed by atoms with Crippen LogP contribution in [0.5, 0.6) is 0 Å². The molecular formula is C66H54Ir3N3O9-3. The molecule has 12 nitrogen and oxygen atoms in total. The molecule has 0 fully saturated rings. The number of ketones is 3. The summed E-state index contributed by atoms with van der Waals surface area (Å²) in [6.07, 6.45) is 7.10. The zero-order valence-corrected chi connectivity index (χ0v) is 51.9. The predicted molar refractivity (Wildman–Crippen MR) is 309 cm³/mol. The zero-order chi connectivity index (χ0) is 55.6. The number of hydrogen-bond acceptors (Lipinski definition) is 12. The number of para-hydroxylation sites is 3. The molecule has 6 aromatic carbocycles. The van der Waals surface area contributed by atoms with Gasteiger partial charge in [0.1, 0.15) is 22.3 Å². The van der Waals surface area contributed by atoms with Crippen molar-refractivity contribution in [1.82, 2.24) is 15.0 Å². The third-order valence-electron chi connectivity index (χ3n) is 11.0. The van der Waals surface area contributed by atoms with Crippen molar-refractivity contribution >= 4 is 83.3 Å². The minimum absolute atomic E-state index is 0. The fourth-order valence-electron chi connectivity index (χ4n) is 7.91. The number of aromatic nitrogens is 3. The summed E-state index contributed by atoms with van der Waals surface area (Å²) in [7, 11) is 0. The maximum Gasteiger partial charge on any atom is 0.218 e. The Bertz CT molecular complexity index is 4000. The van der Waals surface area contributed by atoms with E-state index in [1.165, 1.54) is 59.8 Å². The standard InChI is InChI=1S/3C17H10NO.3C5H8O2.3Ir/c1-2-6-12(7-3-1)15-10-14-13-8-4-5-9-16(13)19-17(14)11-18-15;1-2-6-12(7-3-1)15-11-10-14-13-8-4-5-9-16(13)19-17(14)18-15;1-2-6-12(7-3-1)16-17-14(10-11-18-16)13-8-4-5-9-15(13)19-17;3*1-4(6)3-5(2)7;;;/h3*1-6,8-11H;3*3,6H,1-2H3;;;/q3*-1;;;;;;. The summed E-state index contributed by atoms with van der Waals surface area (Å²) in [5.74, 6) is -0.187. The van der Waals surface area contributed by atoms with Crippen LogP contribution in [0.25, 0.3) is 99.7 Å². The molecular weight excluding hydrogens is 1560 g/mol. The van der Waals surface area contributed by atoms with Gasteiger partial charge in [-0.05, 0) is 77.2 Å². The van der Waals surface area contributed by atoms with Crippen LogP contribution < -0.4 is 0 Å². The van der Waals surface area contributed by atoms with Crippen LogP contribution in [0.2, 0.25) is 0 Å². The maximum absolute atomic E-state index is 10.0. The Hall–Kier alpha value is -8.25. The van der Waals surface area contributed by atoms with E-state index in [-0.39, 0.29) is 94.9 Å². The first-order valence-electron chi connectivity index (χ1n) is 24.5. The monoisotopic (exact) mass is 1610 g/mol. The van der Waals surface area contributed by atoms with Gasteiger partial charge in [0.2, 0.25) is 5.71 Å². The first-order chi connectivity index (χ1) is 37.6. The van der Waals surface area contributed by atoms with Crippen molar-refractivity contribution in [3.05, 3.63) is 236 Å². The van der Waals surface area contributed by atoms with E-state index in [2.05, 4.69) is 63.5 Å². The van der Waals surface area contributed by atoms with Crippen LogP contribution in [0.15, 0.2) is 231 Å². The Morgan fingerprint density at radius 2 is 0.852 bits per heavy atom. The van der Waals surface area contributed by atoms with Crippen molar-refractivity contribution in [2.24, 2.45) is 0 Å². The molecule has 0 spiro atoms. The molecule has 3 N–H and O–H groups in total. The number of carbonyl (C=O) groups excluding carboxylic acids is 3. The Morgan fingerprint density at radius 3 is 1.32 bits per heavy atom. The third-order valence-corrected chi connectivity index (χ3v) is 11.0. The summed E-state index contributed by atoms with van der Waals surface area (Å²) in [5.41, 5.74) is 10.5. The number of nitrogens with zero attached hydrogens (tertiary/aromatic N) is 3. The summed E-state index contributed by atoms with van der Waals surface area (Å²) in [4.78, 5) is 43.5. The minimum atomic E-state index is -0.125. The van der Waals surface area contributed by atoms with Gasteiger partial charge in [-0.25, -0.2) is 0 Å². The fourth-order valence-corrected chi connectivity index (χ4v) is 7.91. The number of pyridine rings is 3. The van der Waals surface area contributed by atoms with Gasteiger partial charge < -0.3 is 38.5 Å². The van der Waals surface area contributed by atoms with Crippen molar-refractivity contribution in [2.75, 3.05) is 0 Å². The first kappa shape index (κ1) is 65.3. The van der Waals surface area contributed by atoms with Crippen molar-refractivity contribution in [3.63, 3.8) is 0 Å². The first-order valence-corrected chi connectivity index (χ1v) is 24.5. The molecule has 0 saturated heterocycles. The molecule has 15 heteroatoms. The second kappa shape index (κ2) is 32.1. The second-order valence-electron chi connectivity index (χ2n) is 17.5. The number of fused-ring (bicyclic) bond motifs is 9. The van der Waals surface area contributed by atoms with Crippen molar-refractivity contribution in [2.45, 2.75) is 41.5 Å². The van der Waals surface area contributed by atoms with Gasteiger partial charge in [0, 0.05) is 123 Å². The van der Waals surface area contributed by atoms with Gasteiger partial charge in [-0.1, -0.05) is 72.8 Å². The van der Waals surface area contributed by atoms with Crippen LogP contribution in [-0.4, -0.2) is 47.6 Å². The molecule has 0 aliphatic carbocycles. The van der Waals surface area contributed by atoms with Crippen LogP contribution in [-0.2, 0) is 74.7 Å². The summed E-state index contributed by atoms with van der Waals surface area (Å²) < 4.78 is 17.5. The number of rotatable bonds is 6. The number of hydrogen-bond donors (Lipinski definition) is 3. The fraction of sp³-hybridized carbons (Fsp3) is 0.0909. The van der Waals surface area contributed by atoms with E-state index in [9.17, 15) is 14.4 Å². The zero-order valence-electron chi connectivity index (χ0n) is 44.7. The molecule has 417 valence electrons. The van der Waals surface area contributed by atoms with Gasteiger partial charge in [-0.3, -0.25) is 19.4 Å². The molecule has 0 amide bonds. The molecule has 81 heavy (non-hydrogen) atoms. The van der Waals surface area contributed by atoms with Crippen molar-refractivity contribution < 1.29 is 103 Å². The number of aliphatic hydroxyl groups excluding tert-OH is 3.